The van der Waals surface area contributed by atoms with Gasteiger partial charge in [-0.1, -0.05) is 36.4 Å². The Morgan fingerprint density at radius 1 is 1.08 bits per heavy atom. The Kier molecular flexibility index (Phi) is 4.96. The second kappa shape index (κ2) is 7.01. The van der Waals surface area contributed by atoms with Crippen LogP contribution in [-0.4, -0.2) is 23.3 Å². The van der Waals surface area contributed by atoms with E-state index in [2.05, 4.69) is 17.1 Å². The summed E-state index contributed by atoms with van der Waals surface area (Å²) in [6.45, 7) is 3.03. The molecule has 0 spiro atoms. The van der Waals surface area contributed by atoms with Gasteiger partial charge in [-0.15, -0.1) is 0 Å². The van der Waals surface area contributed by atoms with Gasteiger partial charge in [-0.3, -0.25) is 4.90 Å². The van der Waals surface area contributed by atoms with E-state index in [9.17, 15) is 13.2 Å². The van der Waals surface area contributed by atoms with Gasteiger partial charge in [-0.25, -0.2) is 0 Å². The summed E-state index contributed by atoms with van der Waals surface area (Å²) in [6.07, 6.45) is -4.38. The molecule has 1 atom stereocenters. The number of hydrogen-bond acceptors (Lipinski definition) is 2. The van der Waals surface area contributed by atoms with Gasteiger partial charge in [0.05, 0.1) is 18.9 Å². The minimum absolute atomic E-state index is 0.102. The molecule has 2 aromatic carbocycles. The fourth-order valence-corrected chi connectivity index (χ4v) is 3.04. The van der Waals surface area contributed by atoms with Crippen LogP contribution in [0, 0.1) is 0 Å². The maximum absolute atomic E-state index is 13.0. The largest absolute Gasteiger partial charge is 0.416 e. The van der Waals surface area contributed by atoms with Crippen molar-refractivity contribution in [2.75, 3.05) is 18.2 Å². The lowest BCUT2D eigenvalue weighted by Crippen LogP contribution is -2.56. The first kappa shape index (κ1) is 17.7. The molecule has 1 aliphatic heterocycles. The van der Waals surface area contributed by atoms with E-state index in [1.807, 2.05) is 30.3 Å². The topological polar surface area (TPSA) is 18.5 Å². The van der Waals surface area contributed by atoms with Crippen LogP contribution in [0.15, 0.2) is 54.6 Å². The van der Waals surface area contributed by atoms with Crippen LogP contribution < -0.4 is 10.2 Å². The Morgan fingerprint density at radius 2 is 1.80 bits per heavy atom. The molecule has 1 fully saturated rings. The molecule has 7 heteroatoms. The van der Waals surface area contributed by atoms with Crippen molar-refractivity contribution in [1.82, 2.24) is 10.2 Å². The molecule has 0 amide bonds. The quantitative estimate of drug-likeness (QED) is 0.814. The lowest BCUT2D eigenvalue weighted by Gasteiger charge is -2.41. The monoisotopic (exact) mass is 365 g/mol. The Bertz CT molecular complexity index is 749. The molecule has 0 aliphatic carbocycles. The number of nitrogens with zero attached hydrogens (tertiary/aromatic N) is 2. The number of hydrogen-bond donors (Lipinski definition) is 1. The van der Waals surface area contributed by atoms with Crippen LogP contribution in [0.1, 0.15) is 24.1 Å². The highest BCUT2D eigenvalue weighted by atomic mass is 32.1. The number of nitrogens with one attached hydrogen (secondary N) is 1. The number of rotatable bonds is 3. The molecule has 1 unspecified atom stereocenters. The van der Waals surface area contributed by atoms with E-state index in [-0.39, 0.29) is 6.04 Å². The molecule has 1 N–H and O–H groups in total. The third-order valence-electron chi connectivity index (χ3n) is 4.32. The number of benzene rings is 2. The van der Waals surface area contributed by atoms with Crippen LogP contribution in [-0.2, 0) is 6.18 Å². The second-order valence-electron chi connectivity index (χ2n) is 5.93. The van der Waals surface area contributed by atoms with Crippen LogP contribution >= 0.6 is 12.2 Å². The van der Waals surface area contributed by atoms with Gasteiger partial charge in [0, 0.05) is 11.7 Å². The number of anilines is 1. The molecule has 0 aromatic heterocycles. The molecule has 1 aliphatic rings. The first-order valence-corrected chi connectivity index (χ1v) is 8.29. The van der Waals surface area contributed by atoms with Gasteiger partial charge in [-0.2, -0.15) is 13.2 Å². The fourth-order valence-electron chi connectivity index (χ4n) is 2.81. The first-order chi connectivity index (χ1) is 11.9. The van der Waals surface area contributed by atoms with Gasteiger partial charge < -0.3 is 10.2 Å². The molecular weight excluding hydrogens is 347 g/mol. The molecule has 132 valence electrons. The average Bonchev–Trinajstić information content (AvgIpc) is 2.62. The molecular formula is C18H18F3N3S. The van der Waals surface area contributed by atoms with E-state index in [1.54, 1.807) is 11.0 Å². The van der Waals surface area contributed by atoms with E-state index < -0.39 is 11.7 Å². The third-order valence-corrected chi connectivity index (χ3v) is 4.68. The van der Waals surface area contributed by atoms with Crippen LogP contribution in [0.4, 0.5) is 18.9 Å². The fraction of sp³-hybridized carbons (Fsp3) is 0.278. The maximum Gasteiger partial charge on any atom is 0.416 e. The standard InChI is InChI=1S/C18H18F3N3S/c1-13(14-6-3-2-4-7-14)23-11-22-17(25)24(12-23)16-9-5-8-15(10-16)18(19,20)21/h2-10,13H,11-12H2,1H3,(H,22,25). The zero-order valence-electron chi connectivity index (χ0n) is 13.6. The SMILES string of the molecule is CC(c1ccccc1)N1CNC(=S)N(c2cccc(C(F)(F)F)c2)C1. The summed E-state index contributed by atoms with van der Waals surface area (Å²) >= 11 is 5.31. The number of halogens is 3. The predicted molar refractivity (Wildman–Crippen MR) is 96.1 cm³/mol. The highest BCUT2D eigenvalue weighted by molar-refractivity contribution is 7.80. The minimum Gasteiger partial charge on any atom is -0.349 e. The molecule has 1 saturated heterocycles. The van der Waals surface area contributed by atoms with E-state index in [4.69, 9.17) is 12.2 Å². The molecule has 0 bridgehead atoms. The van der Waals surface area contributed by atoms with E-state index in [0.29, 0.717) is 24.1 Å². The van der Waals surface area contributed by atoms with Crippen molar-refractivity contribution >= 4 is 23.0 Å². The Hall–Kier alpha value is -2.12. The van der Waals surface area contributed by atoms with Crippen molar-refractivity contribution in [3.8, 4) is 0 Å². The summed E-state index contributed by atoms with van der Waals surface area (Å²) < 4.78 is 38.9. The lowest BCUT2D eigenvalue weighted by molar-refractivity contribution is -0.137. The van der Waals surface area contributed by atoms with Gasteiger partial charge in [0.1, 0.15) is 0 Å². The summed E-state index contributed by atoms with van der Waals surface area (Å²) in [6, 6.07) is 15.3. The van der Waals surface area contributed by atoms with Crippen LogP contribution in [0.2, 0.25) is 0 Å². The van der Waals surface area contributed by atoms with Gasteiger partial charge in [-0.05, 0) is 42.9 Å². The van der Waals surface area contributed by atoms with Gasteiger partial charge in [0.25, 0.3) is 0 Å². The summed E-state index contributed by atoms with van der Waals surface area (Å²) in [7, 11) is 0. The minimum atomic E-state index is -4.38. The van der Waals surface area contributed by atoms with E-state index in [0.717, 1.165) is 17.7 Å². The lowest BCUT2D eigenvalue weighted by atomic mass is 10.1. The zero-order valence-corrected chi connectivity index (χ0v) is 14.4. The summed E-state index contributed by atoms with van der Waals surface area (Å²) in [5, 5.41) is 3.52. The van der Waals surface area contributed by atoms with E-state index in [1.165, 1.54) is 6.07 Å². The van der Waals surface area contributed by atoms with Crippen molar-refractivity contribution < 1.29 is 13.2 Å². The Morgan fingerprint density at radius 3 is 2.48 bits per heavy atom. The van der Waals surface area contributed by atoms with Crippen molar-refractivity contribution in [1.29, 1.82) is 0 Å². The van der Waals surface area contributed by atoms with Crippen molar-refractivity contribution in [3.63, 3.8) is 0 Å². The van der Waals surface area contributed by atoms with Gasteiger partial charge >= 0.3 is 6.18 Å². The molecule has 3 nitrogen and oxygen atoms in total. The highest BCUT2D eigenvalue weighted by Gasteiger charge is 2.32. The van der Waals surface area contributed by atoms with E-state index >= 15 is 0 Å². The van der Waals surface area contributed by atoms with Gasteiger partial charge in [0.15, 0.2) is 5.11 Å². The Balaban J connectivity index is 1.83. The van der Waals surface area contributed by atoms with Gasteiger partial charge in [0.2, 0.25) is 0 Å². The second-order valence-corrected chi connectivity index (χ2v) is 6.32. The average molecular weight is 365 g/mol. The summed E-state index contributed by atoms with van der Waals surface area (Å²) in [5.41, 5.74) is 0.888. The van der Waals surface area contributed by atoms with Crippen molar-refractivity contribution in [2.45, 2.75) is 19.1 Å². The first-order valence-electron chi connectivity index (χ1n) is 7.88. The van der Waals surface area contributed by atoms with Crippen LogP contribution in [0.25, 0.3) is 0 Å². The van der Waals surface area contributed by atoms with Crippen LogP contribution in [0.5, 0.6) is 0 Å². The van der Waals surface area contributed by atoms with Crippen molar-refractivity contribution in [3.05, 3.63) is 65.7 Å². The third kappa shape index (κ3) is 3.93. The predicted octanol–water partition coefficient (Wildman–Crippen LogP) is 4.38. The zero-order chi connectivity index (χ0) is 18.0. The maximum atomic E-state index is 13.0. The molecule has 0 radical (unpaired) electrons. The highest BCUT2D eigenvalue weighted by Crippen LogP contribution is 2.32. The summed E-state index contributed by atoms with van der Waals surface area (Å²) in [4.78, 5) is 3.80. The molecule has 25 heavy (non-hydrogen) atoms. The number of alkyl halides is 3. The molecule has 2 aromatic rings. The molecule has 3 rings (SSSR count). The smallest absolute Gasteiger partial charge is 0.349 e. The number of thiocarbonyl (C=S) groups is 1. The normalized spacial score (nSPS) is 17.3. The Labute approximate surface area is 150 Å². The molecule has 1 heterocycles. The molecule has 0 saturated carbocycles. The van der Waals surface area contributed by atoms with Crippen LogP contribution in [0.3, 0.4) is 0 Å². The summed E-state index contributed by atoms with van der Waals surface area (Å²) in [5.74, 6) is 0. The van der Waals surface area contributed by atoms with Crippen molar-refractivity contribution in [2.24, 2.45) is 0 Å².